The van der Waals surface area contributed by atoms with Crippen molar-refractivity contribution in [3.05, 3.63) is 38.3 Å². The van der Waals surface area contributed by atoms with Crippen LogP contribution in [0.1, 0.15) is 50.4 Å². The molecule has 1 unspecified atom stereocenters. The smallest absolute Gasteiger partial charge is 0.284 e. The molecule has 0 saturated heterocycles. The molecule has 0 aliphatic rings. The molecule has 21 heavy (non-hydrogen) atoms. The zero-order valence-corrected chi connectivity index (χ0v) is 14.1. The lowest BCUT2D eigenvalue weighted by Gasteiger charge is -2.15. The van der Waals surface area contributed by atoms with Crippen LogP contribution in [0, 0.1) is 16.0 Å². The van der Waals surface area contributed by atoms with Gasteiger partial charge < -0.3 is 5.32 Å². The SMILES string of the molecule is CC(C)CCCC(C)NC(=O)c1cccc([N+](=O)[O-])c1Br. The first kappa shape index (κ1) is 17.6. The Labute approximate surface area is 133 Å². The molecule has 0 fully saturated rings. The third-order valence-electron chi connectivity index (χ3n) is 3.22. The lowest BCUT2D eigenvalue weighted by molar-refractivity contribution is -0.385. The van der Waals surface area contributed by atoms with E-state index < -0.39 is 4.92 Å². The molecule has 1 aromatic rings. The molecule has 0 aliphatic carbocycles. The summed E-state index contributed by atoms with van der Waals surface area (Å²) < 4.78 is 0.224. The van der Waals surface area contributed by atoms with Gasteiger partial charge in [-0.1, -0.05) is 32.8 Å². The van der Waals surface area contributed by atoms with Gasteiger partial charge in [0.05, 0.1) is 10.5 Å². The minimum absolute atomic E-state index is 0.0439. The number of nitro groups is 1. The highest BCUT2D eigenvalue weighted by atomic mass is 79.9. The van der Waals surface area contributed by atoms with Crippen molar-refractivity contribution in [1.82, 2.24) is 5.32 Å². The van der Waals surface area contributed by atoms with Crippen molar-refractivity contribution in [3.8, 4) is 0 Å². The maximum absolute atomic E-state index is 12.2. The van der Waals surface area contributed by atoms with E-state index in [0.29, 0.717) is 11.5 Å². The van der Waals surface area contributed by atoms with E-state index in [1.807, 2.05) is 6.92 Å². The summed E-state index contributed by atoms with van der Waals surface area (Å²) in [5.74, 6) is 0.362. The fourth-order valence-electron chi connectivity index (χ4n) is 2.04. The second kappa shape index (κ2) is 8.12. The summed E-state index contributed by atoms with van der Waals surface area (Å²) in [6.07, 6.45) is 3.08. The van der Waals surface area contributed by atoms with Gasteiger partial charge in [0.25, 0.3) is 11.6 Å². The summed E-state index contributed by atoms with van der Waals surface area (Å²) in [7, 11) is 0. The van der Waals surface area contributed by atoms with Crippen LogP contribution in [0.2, 0.25) is 0 Å². The van der Waals surface area contributed by atoms with Gasteiger partial charge in [0.2, 0.25) is 0 Å². The highest BCUT2D eigenvalue weighted by molar-refractivity contribution is 9.10. The summed E-state index contributed by atoms with van der Waals surface area (Å²) in [4.78, 5) is 22.5. The lowest BCUT2D eigenvalue weighted by atomic mass is 10.0. The van der Waals surface area contributed by atoms with Gasteiger partial charge in [-0.3, -0.25) is 14.9 Å². The van der Waals surface area contributed by atoms with Crippen molar-refractivity contribution in [1.29, 1.82) is 0 Å². The number of nitro benzene ring substituents is 1. The normalized spacial score (nSPS) is 12.2. The Bertz CT molecular complexity index is 518. The van der Waals surface area contributed by atoms with Gasteiger partial charge in [0.15, 0.2) is 0 Å². The van der Waals surface area contributed by atoms with Gasteiger partial charge in [-0.05, 0) is 41.3 Å². The van der Waals surface area contributed by atoms with Crippen LogP contribution in [-0.2, 0) is 0 Å². The fraction of sp³-hybridized carbons (Fsp3) is 0.533. The van der Waals surface area contributed by atoms with Gasteiger partial charge in [-0.15, -0.1) is 0 Å². The Hall–Kier alpha value is -1.43. The predicted octanol–water partition coefficient (Wildman–Crippen LogP) is 4.30. The summed E-state index contributed by atoms with van der Waals surface area (Å²) in [6.45, 7) is 6.29. The van der Waals surface area contributed by atoms with Crippen molar-refractivity contribution in [2.45, 2.75) is 46.1 Å². The van der Waals surface area contributed by atoms with E-state index in [2.05, 4.69) is 35.1 Å². The van der Waals surface area contributed by atoms with Crippen LogP contribution >= 0.6 is 15.9 Å². The Morgan fingerprint density at radius 3 is 2.57 bits per heavy atom. The Morgan fingerprint density at radius 2 is 2.00 bits per heavy atom. The summed E-state index contributed by atoms with van der Waals surface area (Å²) in [5, 5.41) is 13.8. The standard InChI is InChI=1S/C15H21BrN2O3/c1-10(2)6-4-7-11(3)17-15(19)12-8-5-9-13(14(12)16)18(20)21/h5,8-11H,4,6-7H2,1-3H3,(H,17,19). The van der Waals surface area contributed by atoms with E-state index in [-0.39, 0.29) is 22.1 Å². The van der Waals surface area contributed by atoms with Crippen LogP contribution in [0.15, 0.2) is 22.7 Å². The van der Waals surface area contributed by atoms with Gasteiger partial charge in [-0.2, -0.15) is 0 Å². The molecule has 116 valence electrons. The number of amides is 1. The van der Waals surface area contributed by atoms with Crippen LogP contribution in [0.3, 0.4) is 0 Å². The van der Waals surface area contributed by atoms with Crippen molar-refractivity contribution >= 4 is 27.5 Å². The number of carbonyl (C=O) groups is 1. The quantitative estimate of drug-likeness (QED) is 0.584. The highest BCUT2D eigenvalue weighted by Crippen LogP contribution is 2.28. The van der Waals surface area contributed by atoms with E-state index in [1.165, 1.54) is 12.1 Å². The molecule has 1 atom stereocenters. The van der Waals surface area contributed by atoms with Gasteiger partial charge >= 0.3 is 0 Å². The molecular formula is C15H21BrN2O3. The van der Waals surface area contributed by atoms with Crippen LogP contribution in [0.25, 0.3) is 0 Å². The first-order valence-electron chi connectivity index (χ1n) is 7.06. The maximum Gasteiger partial charge on any atom is 0.284 e. The fourth-order valence-corrected chi connectivity index (χ4v) is 2.63. The van der Waals surface area contributed by atoms with Gasteiger partial charge in [-0.25, -0.2) is 0 Å². The largest absolute Gasteiger partial charge is 0.350 e. The molecule has 1 rings (SSSR count). The number of hydrogen-bond donors (Lipinski definition) is 1. The molecule has 0 heterocycles. The lowest BCUT2D eigenvalue weighted by Crippen LogP contribution is -2.32. The zero-order valence-electron chi connectivity index (χ0n) is 12.6. The van der Waals surface area contributed by atoms with E-state index in [1.54, 1.807) is 6.07 Å². The van der Waals surface area contributed by atoms with E-state index in [0.717, 1.165) is 19.3 Å². The van der Waals surface area contributed by atoms with E-state index in [4.69, 9.17) is 0 Å². The molecule has 0 radical (unpaired) electrons. The van der Waals surface area contributed by atoms with Crippen LogP contribution in [0.5, 0.6) is 0 Å². The molecule has 0 spiro atoms. The number of nitrogens with zero attached hydrogens (tertiary/aromatic N) is 1. The number of rotatable bonds is 7. The topological polar surface area (TPSA) is 72.2 Å². The average Bonchev–Trinajstić information content (AvgIpc) is 2.37. The van der Waals surface area contributed by atoms with Gasteiger partial charge in [0.1, 0.15) is 4.47 Å². The zero-order chi connectivity index (χ0) is 16.0. The Morgan fingerprint density at radius 1 is 1.33 bits per heavy atom. The van der Waals surface area contributed by atoms with Gasteiger partial charge in [0, 0.05) is 12.1 Å². The molecule has 5 nitrogen and oxygen atoms in total. The third-order valence-corrected chi connectivity index (χ3v) is 4.05. The minimum atomic E-state index is -0.507. The minimum Gasteiger partial charge on any atom is -0.350 e. The number of halogens is 1. The van der Waals surface area contributed by atoms with Crippen LogP contribution < -0.4 is 5.32 Å². The van der Waals surface area contributed by atoms with Crippen molar-refractivity contribution < 1.29 is 9.72 Å². The molecule has 1 aromatic carbocycles. The average molecular weight is 357 g/mol. The monoisotopic (exact) mass is 356 g/mol. The molecule has 1 N–H and O–H groups in total. The Kier molecular flexibility index (Phi) is 6.81. The summed E-state index contributed by atoms with van der Waals surface area (Å²) in [6, 6.07) is 4.50. The molecule has 0 aliphatic heterocycles. The van der Waals surface area contributed by atoms with Crippen molar-refractivity contribution in [3.63, 3.8) is 0 Å². The molecule has 6 heteroatoms. The number of hydrogen-bond acceptors (Lipinski definition) is 3. The number of carbonyl (C=O) groups excluding carboxylic acids is 1. The molecule has 0 aromatic heterocycles. The van der Waals surface area contributed by atoms with Crippen molar-refractivity contribution in [2.24, 2.45) is 5.92 Å². The van der Waals surface area contributed by atoms with E-state index >= 15 is 0 Å². The maximum atomic E-state index is 12.2. The third kappa shape index (κ3) is 5.46. The van der Waals surface area contributed by atoms with Crippen LogP contribution in [-0.4, -0.2) is 16.9 Å². The second-order valence-corrected chi connectivity index (χ2v) is 6.39. The highest BCUT2D eigenvalue weighted by Gasteiger charge is 2.20. The molecule has 1 amide bonds. The van der Waals surface area contributed by atoms with Crippen LogP contribution in [0.4, 0.5) is 5.69 Å². The van der Waals surface area contributed by atoms with E-state index in [9.17, 15) is 14.9 Å². The number of benzene rings is 1. The predicted molar refractivity (Wildman–Crippen MR) is 86.4 cm³/mol. The molecular weight excluding hydrogens is 336 g/mol. The summed E-state index contributed by atoms with van der Waals surface area (Å²) in [5.41, 5.74) is 0.190. The number of nitrogens with one attached hydrogen (secondary N) is 1. The van der Waals surface area contributed by atoms with Crippen molar-refractivity contribution in [2.75, 3.05) is 0 Å². The first-order chi connectivity index (χ1) is 9.82. The molecule has 0 bridgehead atoms. The first-order valence-corrected chi connectivity index (χ1v) is 7.86. The Balaban J connectivity index is 2.67. The second-order valence-electron chi connectivity index (χ2n) is 5.60. The molecule has 0 saturated carbocycles. The summed E-state index contributed by atoms with van der Waals surface area (Å²) >= 11 is 3.14.